The van der Waals surface area contributed by atoms with Crippen molar-refractivity contribution in [2.24, 2.45) is 0 Å². The number of hydrogen-bond acceptors (Lipinski definition) is 5. The first-order valence-electron chi connectivity index (χ1n) is 6.64. The normalized spacial score (nSPS) is 10.0. The van der Waals surface area contributed by atoms with Crippen molar-refractivity contribution in [1.29, 1.82) is 0 Å². The van der Waals surface area contributed by atoms with Gasteiger partial charge in [-0.1, -0.05) is 0 Å². The van der Waals surface area contributed by atoms with E-state index in [1.165, 1.54) is 18.2 Å². The van der Waals surface area contributed by atoms with Crippen LogP contribution < -0.4 is 5.32 Å². The molecule has 0 saturated heterocycles. The van der Waals surface area contributed by atoms with E-state index in [1.54, 1.807) is 13.8 Å². The van der Waals surface area contributed by atoms with E-state index in [-0.39, 0.29) is 24.0 Å². The fraction of sp³-hybridized carbons (Fsp3) is 0.429. The van der Waals surface area contributed by atoms with Crippen LogP contribution in [-0.4, -0.2) is 30.0 Å². The van der Waals surface area contributed by atoms with Crippen molar-refractivity contribution in [3.05, 3.63) is 39.4 Å². The van der Waals surface area contributed by atoms with Crippen molar-refractivity contribution in [2.75, 3.05) is 13.2 Å². The van der Waals surface area contributed by atoms with Gasteiger partial charge in [0.2, 0.25) is 0 Å². The predicted molar refractivity (Wildman–Crippen MR) is 76.0 cm³/mol. The Labute approximate surface area is 122 Å². The molecule has 0 aliphatic heterocycles. The van der Waals surface area contributed by atoms with E-state index in [0.29, 0.717) is 30.7 Å². The molecular weight excluding hydrogens is 276 g/mol. The fourth-order valence-corrected chi connectivity index (χ4v) is 1.78. The molecule has 114 valence electrons. The molecule has 1 rings (SSSR count). The minimum Gasteiger partial charge on any atom is -0.466 e. The molecule has 0 unspecified atom stereocenters. The first-order chi connectivity index (χ1) is 9.95. The van der Waals surface area contributed by atoms with E-state index in [1.807, 2.05) is 0 Å². The smallest absolute Gasteiger partial charge is 0.305 e. The van der Waals surface area contributed by atoms with Crippen LogP contribution in [0.3, 0.4) is 0 Å². The number of carbonyl (C=O) groups excluding carboxylic acids is 2. The highest BCUT2D eigenvalue weighted by molar-refractivity contribution is 5.95. The minimum absolute atomic E-state index is 0.0497. The number of ether oxygens (including phenoxy) is 1. The summed E-state index contributed by atoms with van der Waals surface area (Å²) in [6.45, 7) is 4.05. The topological polar surface area (TPSA) is 98.5 Å². The van der Waals surface area contributed by atoms with Crippen molar-refractivity contribution in [3.8, 4) is 0 Å². The summed E-state index contributed by atoms with van der Waals surface area (Å²) >= 11 is 0. The second-order valence-electron chi connectivity index (χ2n) is 4.42. The monoisotopic (exact) mass is 294 g/mol. The molecule has 0 heterocycles. The van der Waals surface area contributed by atoms with Crippen molar-refractivity contribution in [3.63, 3.8) is 0 Å². The Bertz CT molecular complexity index is 542. The first kappa shape index (κ1) is 16.6. The number of rotatable bonds is 7. The van der Waals surface area contributed by atoms with Crippen molar-refractivity contribution < 1.29 is 19.2 Å². The Morgan fingerprint density at radius 3 is 2.67 bits per heavy atom. The summed E-state index contributed by atoms with van der Waals surface area (Å²) in [5, 5.41) is 13.3. The lowest BCUT2D eigenvalue weighted by Gasteiger charge is -2.07. The van der Waals surface area contributed by atoms with Gasteiger partial charge in [-0.3, -0.25) is 19.7 Å². The number of hydrogen-bond donors (Lipinski definition) is 1. The molecule has 0 aromatic heterocycles. The Balaban J connectivity index is 2.49. The standard InChI is InChI=1S/C14H18N2O5/c1-3-21-13(17)5-4-8-15-14(18)12-7-6-11(16(19)20)9-10(12)2/h6-7,9H,3-5,8H2,1-2H3,(H,15,18). The second-order valence-corrected chi connectivity index (χ2v) is 4.42. The zero-order valence-electron chi connectivity index (χ0n) is 12.0. The third-order valence-corrected chi connectivity index (χ3v) is 2.81. The highest BCUT2D eigenvalue weighted by Crippen LogP contribution is 2.16. The molecule has 7 heteroatoms. The van der Waals surface area contributed by atoms with E-state index < -0.39 is 4.92 Å². The quantitative estimate of drug-likeness (QED) is 0.359. The summed E-state index contributed by atoms with van der Waals surface area (Å²) in [6, 6.07) is 4.07. The molecule has 0 fully saturated rings. The Morgan fingerprint density at radius 1 is 1.38 bits per heavy atom. The second kappa shape index (κ2) is 7.98. The van der Waals surface area contributed by atoms with Crippen LogP contribution in [0.15, 0.2) is 18.2 Å². The van der Waals surface area contributed by atoms with Gasteiger partial charge in [-0.2, -0.15) is 0 Å². The summed E-state index contributed by atoms with van der Waals surface area (Å²) in [6.07, 6.45) is 0.726. The van der Waals surface area contributed by atoms with E-state index >= 15 is 0 Å². The first-order valence-corrected chi connectivity index (χ1v) is 6.64. The maximum absolute atomic E-state index is 11.9. The zero-order chi connectivity index (χ0) is 15.8. The van der Waals surface area contributed by atoms with Gasteiger partial charge in [0, 0.05) is 30.7 Å². The number of non-ortho nitro benzene ring substituents is 1. The van der Waals surface area contributed by atoms with Crippen LogP contribution in [0.5, 0.6) is 0 Å². The number of amides is 1. The lowest BCUT2D eigenvalue weighted by atomic mass is 10.1. The average molecular weight is 294 g/mol. The SMILES string of the molecule is CCOC(=O)CCCNC(=O)c1ccc([N+](=O)[O-])cc1C. The summed E-state index contributed by atoms with van der Waals surface area (Å²) < 4.78 is 4.77. The molecule has 7 nitrogen and oxygen atoms in total. The van der Waals surface area contributed by atoms with Crippen LogP contribution in [0.2, 0.25) is 0 Å². The van der Waals surface area contributed by atoms with Crippen LogP contribution in [0.1, 0.15) is 35.7 Å². The molecule has 0 saturated carbocycles. The number of carbonyl (C=O) groups is 2. The molecule has 1 aromatic rings. The predicted octanol–water partition coefficient (Wildman–Crippen LogP) is 1.98. The highest BCUT2D eigenvalue weighted by Gasteiger charge is 2.13. The maximum atomic E-state index is 11.9. The lowest BCUT2D eigenvalue weighted by Crippen LogP contribution is -2.25. The number of aryl methyl sites for hydroxylation is 1. The van der Waals surface area contributed by atoms with Gasteiger partial charge in [0.25, 0.3) is 11.6 Å². The van der Waals surface area contributed by atoms with Crippen molar-refractivity contribution in [2.45, 2.75) is 26.7 Å². The molecule has 1 amide bonds. The van der Waals surface area contributed by atoms with E-state index in [0.717, 1.165) is 0 Å². The summed E-state index contributed by atoms with van der Waals surface area (Å²) in [5.74, 6) is -0.607. The van der Waals surface area contributed by atoms with Gasteiger partial charge in [0.05, 0.1) is 11.5 Å². The van der Waals surface area contributed by atoms with Crippen LogP contribution in [0.4, 0.5) is 5.69 Å². The lowest BCUT2D eigenvalue weighted by molar-refractivity contribution is -0.384. The number of esters is 1. The molecule has 0 atom stereocenters. The van der Waals surface area contributed by atoms with Gasteiger partial charge in [0.15, 0.2) is 0 Å². The number of benzene rings is 1. The van der Waals surface area contributed by atoms with Gasteiger partial charge >= 0.3 is 5.97 Å². The summed E-state index contributed by atoms with van der Waals surface area (Å²) in [4.78, 5) is 33.2. The minimum atomic E-state index is -0.506. The molecule has 0 aliphatic carbocycles. The molecule has 0 aliphatic rings. The Morgan fingerprint density at radius 2 is 2.10 bits per heavy atom. The van der Waals surface area contributed by atoms with Gasteiger partial charge in [0.1, 0.15) is 0 Å². The summed E-state index contributed by atoms with van der Waals surface area (Å²) in [7, 11) is 0. The van der Waals surface area contributed by atoms with Crippen LogP contribution >= 0.6 is 0 Å². The number of nitro benzene ring substituents is 1. The third kappa shape index (κ3) is 5.21. The number of nitrogens with zero attached hydrogens (tertiary/aromatic N) is 1. The molecule has 0 spiro atoms. The van der Waals surface area contributed by atoms with Gasteiger partial charge in [-0.15, -0.1) is 0 Å². The van der Waals surface area contributed by atoms with Gasteiger partial charge in [-0.25, -0.2) is 0 Å². The molecule has 0 radical (unpaired) electrons. The number of nitrogens with one attached hydrogen (secondary N) is 1. The van der Waals surface area contributed by atoms with Crippen molar-refractivity contribution in [1.82, 2.24) is 5.32 Å². The van der Waals surface area contributed by atoms with E-state index in [2.05, 4.69) is 5.32 Å². The molecule has 0 bridgehead atoms. The fourth-order valence-electron chi connectivity index (χ4n) is 1.78. The van der Waals surface area contributed by atoms with E-state index in [4.69, 9.17) is 4.74 Å². The maximum Gasteiger partial charge on any atom is 0.305 e. The van der Waals surface area contributed by atoms with Gasteiger partial charge < -0.3 is 10.1 Å². The van der Waals surface area contributed by atoms with Crippen molar-refractivity contribution >= 4 is 17.6 Å². The van der Waals surface area contributed by atoms with E-state index in [9.17, 15) is 19.7 Å². The largest absolute Gasteiger partial charge is 0.466 e. The van der Waals surface area contributed by atoms with Crippen LogP contribution in [0.25, 0.3) is 0 Å². The average Bonchev–Trinajstić information content (AvgIpc) is 2.43. The zero-order valence-corrected chi connectivity index (χ0v) is 12.0. The van der Waals surface area contributed by atoms with Crippen LogP contribution in [-0.2, 0) is 9.53 Å². The number of nitro groups is 1. The molecule has 21 heavy (non-hydrogen) atoms. The Kier molecular flexibility index (Phi) is 6.32. The molecule has 1 N–H and O–H groups in total. The molecular formula is C14H18N2O5. The third-order valence-electron chi connectivity index (χ3n) is 2.81. The molecule has 1 aromatic carbocycles. The Hall–Kier alpha value is -2.44. The summed E-state index contributed by atoms with van der Waals surface area (Å²) in [5.41, 5.74) is 0.871. The van der Waals surface area contributed by atoms with Crippen LogP contribution in [0, 0.1) is 17.0 Å². The van der Waals surface area contributed by atoms with Gasteiger partial charge in [-0.05, 0) is 31.9 Å². The highest BCUT2D eigenvalue weighted by atomic mass is 16.6.